The van der Waals surface area contributed by atoms with Crippen LogP contribution in [0, 0.1) is 5.92 Å². The molecule has 2 aliphatic heterocycles. The average Bonchev–Trinajstić information content (AvgIpc) is 2.75. The first-order valence-electron chi connectivity index (χ1n) is 4.65. The summed E-state index contributed by atoms with van der Waals surface area (Å²) in [5.74, 6) is 2.40. The molecule has 0 aromatic rings. The van der Waals surface area contributed by atoms with Crippen LogP contribution >= 0.6 is 11.8 Å². The van der Waals surface area contributed by atoms with Gasteiger partial charge in [-0.1, -0.05) is 13.8 Å². The van der Waals surface area contributed by atoms with E-state index in [0.717, 1.165) is 24.8 Å². The van der Waals surface area contributed by atoms with Gasteiger partial charge in [0.15, 0.2) is 0 Å². The third kappa shape index (κ3) is 1.88. The number of hydrogen-bond donors (Lipinski definition) is 0. The molecule has 3 nitrogen and oxygen atoms in total. The van der Waals surface area contributed by atoms with Crippen molar-refractivity contribution >= 4 is 22.7 Å². The van der Waals surface area contributed by atoms with Gasteiger partial charge >= 0.3 is 0 Å². The molecular weight excluding hydrogens is 184 g/mol. The van der Waals surface area contributed by atoms with Crippen LogP contribution in [0.3, 0.4) is 0 Å². The van der Waals surface area contributed by atoms with E-state index in [4.69, 9.17) is 4.74 Å². The van der Waals surface area contributed by atoms with Gasteiger partial charge < -0.3 is 4.74 Å². The van der Waals surface area contributed by atoms with Gasteiger partial charge in [0.1, 0.15) is 12.6 Å². The number of nitrogens with zero attached hydrogens (tertiary/aromatic N) is 2. The highest BCUT2D eigenvalue weighted by molar-refractivity contribution is 8.14. The first-order valence-corrected chi connectivity index (χ1v) is 5.63. The first-order chi connectivity index (χ1) is 6.27. The van der Waals surface area contributed by atoms with E-state index in [0.29, 0.717) is 5.92 Å². The van der Waals surface area contributed by atoms with Crippen molar-refractivity contribution in [1.29, 1.82) is 0 Å². The molecule has 0 N–H and O–H groups in total. The minimum absolute atomic E-state index is 0.199. The van der Waals surface area contributed by atoms with E-state index < -0.39 is 0 Å². The van der Waals surface area contributed by atoms with E-state index >= 15 is 0 Å². The third-order valence-corrected chi connectivity index (χ3v) is 3.41. The lowest BCUT2D eigenvalue weighted by atomic mass is 10.2. The molecule has 0 aliphatic carbocycles. The van der Waals surface area contributed by atoms with Gasteiger partial charge in [-0.05, 0) is 0 Å². The Morgan fingerprint density at radius 2 is 2.38 bits per heavy atom. The van der Waals surface area contributed by atoms with Crippen LogP contribution in [-0.4, -0.2) is 35.9 Å². The molecular formula is C9H14N2OS. The molecule has 72 valence electrons. The molecule has 2 rings (SSSR count). The maximum Gasteiger partial charge on any atom is 0.209 e. The smallest absolute Gasteiger partial charge is 0.209 e. The number of ether oxygens (including phenoxy) is 1. The van der Waals surface area contributed by atoms with E-state index in [-0.39, 0.29) is 6.04 Å². The Morgan fingerprint density at radius 3 is 2.92 bits per heavy atom. The highest BCUT2D eigenvalue weighted by Gasteiger charge is 2.27. The van der Waals surface area contributed by atoms with E-state index in [9.17, 15) is 0 Å². The number of aliphatic imine (C=N–C) groups is 2. The molecule has 0 aromatic carbocycles. The Morgan fingerprint density at radius 1 is 1.54 bits per heavy atom. The van der Waals surface area contributed by atoms with Crippen LogP contribution < -0.4 is 0 Å². The lowest BCUT2D eigenvalue weighted by molar-refractivity contribution is 0.335. The number of hydrogen-bond acceptors (Lipinski definition) is 4. The molecule has 0 bridgehead atoms. The summed E-state index contributed by atoms with van der Waals surface area (Å²) in [6.45, 7) is 5.89. The molecule has 2 heterocycles. The fraction of sp³-hybridized carbons (Fsp3) is 0.778. The highest BCUT2D eigenvalue weighted by atomic mass is 32.2. The summed E-state index contributed by atoms with van der Waals surface area (Å²) in [6, 6.07) is 0.199. The largest absolute Gasteiger partial charge is 0.477 e. The Kier molecular flexibility index (Phi) is 2.58. The van der Waals surface area contributed by atoms with E-state index in [1.165, 1.54) is 5.04 Å². The third-order valence-electron chi connectivity index (χ3n) is 2.06. The van der Waals surface area contributed by atoms with Crippen LogP contribution in [0.2, 0.25) is 0 Å². The van der Waals surface area contributed by atoms with E-state index in [1.807, 2.05) is 11.8 Å². The molecule has 0 aromatic heterocycles. The summed E-state index contributed by atoms with van der Waals surface area (Å²) in [6.07, 6.45) is 0. The summed E-state index contributed by atoms with van der Waals surface area (Å²) < 4.78 is 5.39. The Bertz CT molecular complexity index is 260. The monoisotopic (exact) mass is 198 g/mol. The van der Waals surface area contributed by atoms with Gasteiger partial charge in [-0.3, -0.25) is 9.98 Å². The topological polar surface area (TPSA) is 34.0 Å². The molecule has 0 saturated heterocycles. The quantitative estimate of drug-likeness (QED) is 0.675. The van der Waals surface area contributed by atoms with Crippen molar-refractivity contribution < 1.29 is 4.74 Å². The molecule has 1 atom stereocenters. The van der Waals surface area contributed by atoms with Gasteiger partial charge in [0, 0.05) is 11.7 Å². The summed E-state index contributed by atoms with van der Waals surface area (Å²) in [5, 5.41) is 1.24. The van der Waals surface area contributed by atoms with Crippen molar-refractivity contribution in [2.24, 2.45) is 15.9 Å². The molecule has 1 unspecified atom stereocenters. The van der Waals surface area contributed by atoms with Gasteiger partial charge in [0.25, 0.3) is 0 Å². The van der Waals surface area contributed by atoms with E-state index in [2.05, 4.69) is 23.8 Å². The normalized spacial score (nSPS) is 27.5. The van der Waals surface area contributed by atoms with Crippen molar-refractivity contribution in [2.45, 2.75) is 19.9 Å². The molecule has 0 spiro atoms. The summed E-state index contributed by atoms with van der Waals surface area (Å²) in [7, 11) is 0. The molecule has 0 fully saturated rings. The van der Waals surface area contributed by atoms with Gasteiger partial charge in [-0.15, -0.1) is 11.8 Å². The standard InChI is InChI=1S/C9H14N2OS/c1-6(2)9-11-7(5-13-9)8-10-3-4-12-8/h6-7H,3-5H2,1-2H3. The minimum Gasteiger partial charge on any atom is -0.477 e. The number of thioether (sulfide) groups is 1. The molecule has 4 heteroatoms. The van der Waals surface area contributed by atoms with Crippen molar-refractivity contribution in [1.82, 2.24) is 0 Å². The van der Waals surface area contributed by atoms with Crippen LogP contribution in [0.4, 0.5) is 0 Å². The fourth-order valence-electron chi connectivity index (χ4n) is 1.39. The van der Waals surface area contributed by atoms with Crippen molar-refractivity contribution in [3.63, 3.8) is 0 Å². The Hall–Kier alpha value is -0.510. The SMILES string of the molecule is CC(C)C1=NC(C2=NCCO2)CS1. The lowest BCUT2D eigenvalue weighted by Gasteiger charge is -2.04. The van der Waals surface area contributed by atoms with Crippen molar-refractivity contribution in [3.8, 4) is 0 Å². The summed E-state index contributed by atoms with van der Waals surface area (Å²) in [4.78, 5) is 8.88. The molecule has 0 amide bonds. The van der Waals surface area contributed by atoms with Crippen LogP contribution in [0.25, 0.3) is 0 Å². The zero-order valence-electron chi connectivity index (χ0n) is 7.99. The lowest BCUT2D eigenvalue weighted by Crippen LogP contribution is -2.18. The highest BCUT2D eigenvalue weighted by Crippen LogP contribution is 2.24. The van der Waals surface area contributed by atoms with Gasteiger partial charge in [0.2, 0.25) is 5.90 Å². The maximum atomic E-state index is 5.39. The van der Waals surface area contributed by atoms with E-state index in [1.54, 1.807) is 0 Å². The fourth-order valence-corrected chi connectivity index (χ4v) is 2.47. The van der Waals surface area contributed by atoms with Crippen LogP contribution in [0.1, 0.15) is 13.8 Å². The van der Waals surface area contributed by atoms with Gasteiger partial charge in [0.05, 0.1) is 11.6 Å². The first kappa shape index (κ1) is 9.06. The average molecular weight is 198 g/mol. The Balaban J connectivity index is 2.03. The number of rotatable bonds is 2. The zero-order valence-corrected chi connectivity index (χ0v) is 8.80. The van der Waals surface area contributed by atoms with Crippen molar-refractivity contribution in [3.05, 3.63) is 0 Å². The second kappa shape index (κ2) is 3.70. The maximum absolute atomic E-state index is 5.39. The Labute approximate surface area is 82.7 Å². The van der Waals surface area contributed by atoms with Gasteiger partial charge in [-0.25, -0.2) is 0 Å². The van der Waals surface area contributed by atoms with Crippen LogP contribution in [-0.2, 0) is 4.74 Å². The predicted molar refractivity (Wildman–Crippen MR) is 56.8 cm³/mol. The van der Waals surface area contributed by atoms with Crippen LogP contribution in [0.15, 0.2) is 9.98 Å². The minimum atomic E-state index is 0.199. The zero-order chi connectivity index (χ0) is 9.26. The molecule has 2 aliphatic rings. The van der Waals surface area contributed by atoms with Crippen LogP contribution in [0.5, 0.6) is 0 Å². The molecule has 0 saturated carbocycles. The second-order valence-electron chi connectivity index (χ2n) is 3.52. The predicted octanol–water partition coefficient (Wildman–Crippen LogP) is 1.58. The summed E-state index contributed by atoms with van der Waals surface area (Å²) in [5.41, 5.74) is 0. The molecule has 13 heavy (non-hydrogen) atoms. The second-order valence-corrected chi connectivity index (χ2v) is 4.56. The van der Waals surface area contributed by atoms with Gasteiger partial charge in [-0.2, -0.15) is 0 Å². The molecule has 0 radical (unpaired) electrons. The van der Waals surface area contributed by atoms with Crippen molar-refractivity contribution in [2.75, 3.05) is 18.9 Å². The summed E-state index contributed by atoms with van der Waals surface area (Å²) >= 11 is 1.83.